The Morgan fingerprint density at radius 1 is 1.10 bits per heavy atom. The number of rotatable bonds is 6. The van der Waals surface area contributed by atoms with E-state index in [9.17, 15) is 26.4 Å². The fraction of sp³-hybridized carbons (Fsp3) is 0.350. The predicted octanol–water partition coefficient (Wildman–Crippen LogP) is 3.38. The number of hydrogen-bond acceptors (Lipinski definition) is 3. The molecule has 0 spiro atoms. The van der Waals surface area contributed by atoms with Crippen LogP contribution in [0, 0.1) is 5.92 Å². The Morgan fingerprint density at radius 2 is 1.72 bits per heavy atom. The minimum absolute atomic E-state index is 0.0539. The van der Waals surface area contributed by atoms with Crippen LogP contribution >= 0.6 is 0 Å². The number of carbonyl (C=O) groups is 1. The van der Waals surface area contributed by atoms with Crippen LogP contribution in [0.3, 0.4) is 0 Å². The molecular formula is C20H21F3N2O3S. The molecule has 2 aromatic carbocycles. The van der Waals surface area contributed by atoms with E-state index in [-0.39, 0.29) is 29.2 Å². The number of amides is 1. The normalized spacial score (nSPS) is 19.2. The number of benzene rings is 2. The highest BCUT2D eigenvalue weighted by Gasteiger charge is 2.44. The number of nitrogens with one attached hydrogen (secondary N) is 1. The summed E-state index contributed by atoms with van der Waals surface area (Å²) in [6.07, 6.45) is -3.84. The minimum Gasteiger partial charge on any atom is -0.352 e. The highest BCUT2D eigenvalue weighted by Crippen LogP contribution is 2.48. The summed E-state index contributed by atoms with van der Waals surface area (Å²) >= 11 is 0. The van der Waals surface area contributed by atoms with Crippen LogP contribution in [0.15, 0.2) is 53.4 Å². The minimum atomic E-state index is -4.39. The molecule has 3 rings (SSSR count). The maximum atomic E-state index is 12.7. The lowest BCUT2D eigenvalue weighted by Crippen LogP contribution is -2.28. The lowest BCUT2D eigenvalue weighted by Gasteiger charge is -2.15. The zero-order valence-corrected chi connectivity index (χ0v) is 16.7. The van der Waals surface area contributed by atoms with E-state index in [4.69, 9.17) is 0 Å². The Morgan fingerprint density at radius 3 is 2.31 bits per heavy atom. The van der Waals surface area contributed by atoms with Crippen LogP contribution in [0.1, 0.15) is 29.0 Å². The van der Waals surface area contributed by atoms with Crippen molar-refractivity contribution < 1.29 is 26.4 Å². The molecule has 5 nitrogen and oxygen atoms in total. The quantitative estimate of drug-likeness (QED) is 0.770. The topological polar surface area (TPSA) is 66.5 Å². The maximum absolute atomic E-state index is 12.7. The zero-order chi connectivity index (χ0) is 21.4. The highest BCUT2D eigenvalue weighted by atomic mass is 32.2. The molecule has 2 aromatic rings. The first-order valence-corrected chi connectivity index (χ1v) is 10.4. The van der Waals surface area contributed by atoms with Crippen LogP contribution in [0.25, 0.3) is 0 Å². The number of nitrogens with zero attached hydrogens (tertiary/aromatic N) is 1. The maximum Gasteiger partial charge on any atom is 0.416 e. The van der Waals surface area contributed by atoms with Crippen LogP contribution in [0.2, 0.25) is 0 Å². The van der Waals surface area contributed by atoms with Crippen molar-refractivity contribution in [3.05, 3.63) is 65.2 Å². The Hall–Kier alpha value is -2.39. The standard InChI is InChI=1S/C20H21F3N2O3S/c1-25(2)29(27,28)18-6-4-3-5-14(18)12-24-19(26)17-11-16(17)13-7-9-15(10-8-13)20(21,22)23/h3-10,16-17H,11-12H2,1-2H3,(H,24,26). The Bertz CT molecular complexity index is 1000. The molecule has 29 heavy (non-hydrogen) atoms. The summed E-state index contributed by atoms with van der Waals surface area (Å²) in [7, 11) is -0.772. The predicted molar refractivity (Wildman–Crippen MR) is 101 cm³/mol. The largest absolute Gasteiger partial charge is 0.416 e. The van der Waals surface area contributed by atoms with Crippen LogP contribution in [-0.2, 0) is 27.5 Å². The van der Waals surface area contributed by atoms with Crippen molar-refractivity contribution in [3.63, 3.8) is 0 Å². The van der Waals surface area contributed by atoms with Crippen molar-refractivity contribution in [3.8, 4) is 0 Å². The summed E-state index contributed by atoms with van der Waals surface area (Å²) in [5, 5.41) is 2.75. The third kappa shape index (κ3) is 4.62. The van der Waals surface area contributed by atoms with Gasteiger partial charge in [0, 0.05) is 26.6 Å². The molecule has 1 aliphatic rings. The van der Waals surface area contributed by atoms with E-state index in [1.54, 1.807) is 18.2 Å². The van der Waals surface area contributed by atoms with Crippen molar-refractivity contribution in [2.75, 3.05) is 14.1 Å². The van der Waals surface area contributed by atoms with Gasteiger partial charge in [-0.3, -0.25) is 4.79 Å². The van der Waals surface area contributed by atoms with Gasteiger partial charge < -0.3 is 5.32 Å². The highest BCUT2D eigenvalue weighted by molar-refractivity contribution is 7.89. The SMILES string of the molecule is CN(C)S(=O)(=O)c1ccccc1CNC(=O)C1CC1c1ccc(C(F)(F)F)cc1. The molecule has 0 radical (unpaired) electrons. The Balaban J connectivity index is 1.64. The first-order chi connectivity index (χ1) is 13.5. The van der Waals surface area contributed by atoms with Gasteiger partial charge in [-0.25, -0.2) is 12.7 Å². The molecular weight excluding hydrogens is 405 g/mol. The number of carbonyl (C=O) groups excluding carboxylic acids is 1. The van der Waals surface area contributed by atoms with Crippen molar-refractivity contribution in [2.24, 2.45) is 5.92 Å². The number of halogens is 3. The molecule has 0 aromatic heterocycles. The lowest BCUT2D eigenvalue weighted by atomic mass is 10.1. The molecule has 1 saturated carbocycles. The molecule has 2 atom stereocenters. The van der Waals surface area contributed by atoms with Gasteiger partial charge in [0.15, 0.2) is 0 Å². The van der Waals surface area contributed by atoms with Crippen LogP contribution in [0.4, 0.5) is 13.2 Å². The fourth-order valence-corrected chi connectivity index (χ4v) is 4.30. The summed E-state index contributed by atoms with van der Waals surface area (Å²) < 4.78 is 63.9. The summed E-state index contributed by atoms with van der Waals surface area (Å²) in [4.78, 5) is 12.6. The first kappa shape index (κ1) is 21.3. The van der Waals surface area contributed by atoms with E-state index in [0.29, 0.717) is 17.5 Å². The van der Waals surface area contributed by atoms with E-state index < -0.39 is 21.8 Å². The first-order valence-electron chi connectivity index (χ1n) is 8.97. The molecule has 1 amide bonds. The summed E-state index contributed by atoms with van der Waals surface area (Å²) in [5.74, 6) is -0.700. The van der Waals surface area contributed by atoms with Crippen molar-refractivity contribution in [1.29, 1.82) is 0 Å². The van der Waals surface area contributed by atoms with Gasteiger partial charge in [-0.05, 0) is 41.7 Å². The van der Waals surface area contributed by atoms with Gasteiger partial charge in [-0.2, -0.15) is 13.2 Å². The van der Waals surface area contributed by atoms with E-state index >= 15 is 0 Å². The molecule has 1 aliphatic carbocycles. The van der Waals surface area contributed by atoms with E-state index in [2.05, 4.69) is 5.32 Å². The van der Waals surface area contributed by atoms with Crippen LogP contribution in [-0.4, -0.2) is 32.7 Å². The van der Waals surface area contributed by atoms with Gasteiger partial charge in [-0.1, -0.05) is 30.3 Å². The third-order valence-corrected chi connectivity index (χ3v) is 6.89. The summed E-state index contributed by atoms with van der Waals surface area (Å²) in [5.41, 5.74) is 0.441. The van der Waals surface area contributed by atoms with Crippen molar-refractivity contribution in [1.82, 2.24) is 9.62 Å². The Kier molecular flexibility index (Phi) is 5.73. The number of alkyl halides is 3. The monoisotopic (exact) mass is 426 g/mol. The van der Waals surface area contributed by atoms with Crippen LogP contribution < -0.4 is 5.32 Å². The fourth-order valence-electron chi connectivity index (χ4n) is 3.18. The molecule has 1 fully saturated rings. The molecule has 0 bridgehead atoms. The van der Waals surface area contributed by atoms with Crippen molar-refractivity contribution >= 4 is 15.9 Å². The average Bonchev–Trinajstić information content (AvgIpc) is 3.46. The smallest absolute Gasteiger partial charge is 0.352 e. The lowest BCUT2D eigenvalue weighted by molar-refractivity contribution is -0.137. The number of hydrogen-bond donors (Lipinski definition) is 1. The van der Waals surface area contributed by atoms with Gasteiger partial charge >= 0.3 is 6.18 Å². The molecule has 156 valence electrons. The van der Waals surface area contributed by atoms with Gasteiger partial charge in [0.2, 0.25) is 15.9 Å². The second kappa shape index (κ2) is 7.79. The van der Waals surface area contributed by atoms with E-state index in [0.717, 1.165) is 16.4 Å². The average molecular weight is 426 g/mol. The molecule has 1 N–H and O–H groups in total. The Labute approximate surface area is 167 Å². The van der Waals surface area contributed by atoms with Crippen molar-refractivity contribution in [2.45, 2.75) is 30.0 Å². The summed E-state index contributed by atoms with van der Waals surface area (Å²) in [6, 6.07) is 11.3. The van der Waals surface area contributed by atoms with E-state index in [1.807, 2.05) is 0 Å². The molecule has 2 unspecified atom stereocenters. The van der Waals surface area contributed by atoms with Gasteiger partial charge in [0.25, 0.3) is 0 Å². The van der Waals surface area contributed by atoms with Gasteiger partial charge in [-0.15, -0.1) is 0 Å². The molecule has 0 aliphatic heterocycles. The molecule has 9 heteroatoms. The van der Waals surface area contributed by atoms with E-state index in [1.165, 1.54) is 32.3 Å². The molecule has 0 saturated heterocycles. The number of sulfonamides is 1. The third-order valence-electron chi connectivity index (χ3n) is 4.98. The van der Waals surface area contributed by atoms with Crippen LogP contribution in [0.5, 0.6) is 0 Å². The van der Waals surface area contributed by atoms with Gasteiger partial charge in [0.05, 0.1) is 10.5 Å². The van der Waals surface area contributed by atoms with Gasteiger partial charge in [0.1, 0.15) is 0 Å². The zero-order valence-electron chi connectivity index (χ0n) is 15.9. The second-order valence-corrected chi connectivity index (χ2v) is 9.30. The summed E-state index contributed by atoms with van der Waals surface area (Å²) in [6.45, 7) is 0.0539. The molecule has 0 heterocycles. The second-order valence-electron chi connectivity index (χ2n) is 7.18.